The molecule has 0 bridgehead atoms. The van der Waals surface area contributed by atoms with Crippen LogP contribution in [0, 0.1) is 0 Å². The second kappa shape index (κ2) is 10.7. The quantitative estimate of drug-likeness (QED) is 0.433. The summed E-state index contributed by atoms with van der Waals surface area (Å²) < 4.78 is 50.0. The second-order valence-electron chi connectivity index (χ2n) is 8.70. The van der Waals surface area contributed by atoms with Crippen molar-refractivity contribution in [1.82, 2.24) is 4.98 Å². The molecule has 4 rings (SSSR count). The van der Waals surface area contributed by atoms with Gasteiger partial charge in [-0.25, -0.2) is 4.98 Å². The van der Waals surface area contributed by atoms with Gasteiger partial charge in [0.2, 0.25) is 0 Å². The van der Waals surface area contributed by atoms with E-state index in [1.165, 1.54) is 12.1 Å². The van der Waals surface area contributed by atoms with Gasteiger partial charge in [0.05, 0.1) is 12.6 Å². The maximum Gasteiger partial charge on any atom is 0.433 e. The third-order valence-electron chi connectivity index (χ3n) is 5.99. The molecule has 0 saturated carbocycles. The Balaban J connectivity index is 1.31. The summed E-state index contributed by atoms with van der Waals surface area (Å²) in [6, 6.07) is 18.1. The number of allylic oxidation sites excluding steroid dienone is 1. The molecule has 1 saturated heterocycles. The molecule has 9 heteroatoms. The van der Waals surface area contributed by atoms with Gasteiger partial charge in [0.15, 0.2) is 0 Å². The third kappa shape index (κ3) is 6.04. The molecule has 1 fully saturated rings. The van der Waals surface area contributed by atoms with Gasteiger partial charge >= 0.3 is 6.18 Å². The number of nitrogens with zero attached hydrogens (tertiary/aromatic N) is 1. The summed E-state index contributed by atoms with van der Waals surface area (Å²) in [4.78, 5) is 3.52. The fourth-order valence-electron chi connectivity index (χ4n) is 3.89. The summed E-state index contributed by atoms with van der Waals surface area (Å²) in [6.07, 6.45) is -8.02. The first kappa shape index (κ1) is 25.7. The molecule has 2 aromatic carbocycles. The van der Waals surface area contributed by atoms with Crippen LogP contribution < -0.4 is 10.1 Å². The van der Waals surface area contributed by atoms with E-state index in [9.17, 15) is 23.4 Å². The van der Waals surface area contributed by atoms with Crippen LogP contribution in [0.2, 0.25) is 0 Å². The fraction of sp³-hybridized carbons (Fsp3) is 0.296. The van der Waals surface area contributed by atoms with Gasteiger partial charge < -0.3 is 25.0 Å². The zero-order valence-electron chi connectivity index (χ0n) is 19.6. The molecular formula is C27H27F3N2O4. The molecule has 0 amide bonds. The molecule has 190 valence electrons. The Morgan fingerprint density at radius 2 is 1.67 bits per heavy atom. The Kier molecular flexibility index (Phi) is 7.63. The largest absolute Gasteiger partial charge is 0.491 e. The number of aromatic nitrogens is 1. The highest BCUT2D eigenvalue weighted by molar-refractivity contribution is 5.69. The van der Waals surface area contributed by atoms with Crippen molar-refractivity contribution < 1.29 is 32.9 Å². The second-order valence-corrected chi connectivity index (χ2v) is 8.70. The van der Waals surface area contributed by atoms with E-state index in [0.717, 1.165) is 28.3 Å². The molecular weight excluding hydrogens is 473 g/mol. The normalized spacial score (nSPS) is 22.2. The molecule has 3 N–H and O–H groups in total. The molecule has 1 aliphatic heterocycles. The number of pyridine rings is 1. The number of aliphatic hydroxyl groups excluding tert-OH is 2. The Morgan fingerprint density at radius 1 is 1.03 bits per heavy atom. The lowest BCUT2D eigenvalue weighted by molar-refractivity contribution is -0.150. The van der Waals surface area contributed by atoms with Gasteiger partial charge in [-0.05, 0) is 47.9 Å². The number of benzene rings is 2. The van der Waals surface area contributed by atoms with Crippen LogP contribution in [0.25, 0.3) is 16.7 Å². The predicted octanol–water partition coefficient (Wildman–Crippen LogP) is 4.78. The Labute approximate surface area is 207 Å². The summed E-state index contributed by atoms with van der Waals surface area (Å²) in [5.41, 5.74) is 3.08. The molecule has 3 aromatic rings. The average molecular weight is 501 g/mol. The van der Waals surface area contributed by atoms with Crippen molar-refractivity contribution in [3.8, 4) is 16.9 Å². The molecule has 0 spiro atoms. The lowest BCUT2D eigenvalue weighted by Gasteiger charge is -2.38. The minimum absolute atomic E-state index is 0.0145. The molecule has 36 heavy (non-hydrogen) atoms. The topological polar surface area (TPSA) is 83.8 Å². The lowest BCUT2D eigenvalue weighted by Crippen LogP contribution is -2.57. The maximum atomic E-state index is 12.9. The van der Waals surface area contributed by atoms with E-state index in [-0.39, 0.29) is 19.0 Å². The molecule has 1 aromatic heterocycles. The van der Waals surface area contributed by atoms with Crippen molar-refractivity contribution in [2.24, 2.45) is 0 Å². The van der Waals surface area contributed by atoms with Crippen molar-refractivity contribution in [1.29, 1.82) is 0 Å². The molecule has 4 atom stereocenters. The van der Waals surface area contributed by atoms with Crippen LogP contribution in [-0.4, -0.2) is 52.8 Å². The zero-order valence-corrected chi connectivity index (χ0v) is 19.6. The first-order valence-corrected chi connectivity index (χ1v) is 11.4. The summed E-state index contributed by atoms with van der Waals surface area (Å²) in [5, 5.41) is 23.7. The number of hydrogen-bond acceptors (Lipinski definition) is 6. The van der Waals surface area contributed by atoms with Gasteiger partial charge in [0.25, 0.3) is 0 Å². The number of rotatable bonds is 7. The fourth-order valence-corrected chi connectivity index (χ4v) is 3.89. The smallest absolute Gasteiger partial charge is 0.433 e. The van der Waals surface area contributed by atoms with Crippen molar-refractivity contribution in [2.45, 2.75) is 37.5 Å². The SMILES string of the molecule is C=C(C)c1ccc(-c2ccc(OC[C@H]3OC[C@H](Nc4cccc(C(F)(F)F)n4)[C@@H](O)[C@H]3O)cc2)cc1. The van der Waals surface area contributed by atoms with Crippen LogP contribution in [-0.2, 0) is 10.9 Å². The lowest BCUT2D eigenvalue weighted by atomic mass is 9.98. The zero-order chi connectivity index (χ0) is 25.9. The molecule has 0 aliphatic carbocycles. The molecule has 0 radical (unpaired) electrons. The van der Waals surface area contributed by atoms with E-state index in [1.54, 1.807) is 12.1 Å². The Hall–Kier alpha value is -3.40. The number of nitrogens with one attached hydrogen (secondary N) is 1. The van der Waals surface area contributed by atoms with Crippen LogP contribution in [0.1, 0.15) is 18.2 Å². The van der Waals surface area contributed by atoms with Gasteiger partial charge in [0, 0.05) is 0 Å². The minimum Gasteiger partial charge on any atom is -0.491 e. The summed E-state index contributed by atoms with van der Waals surface area (Å²) in [5.74, 6) is 0.491. The van der Waals surface area contributed by atoms with Crippen LogP contribution >= 0.6 is 0 Å². The average Bonchev–Trinajstić information content (AvgIpc) is 2.86. The Morgan fingerprint density at radius 3 is 2.28 bits per heavy atom. The van der Waals surface area contributed by atoms with E-state index in [2.05, 4.69) is 16.9 Å². The van der Waals surface area contributed by atoms with E-state index >= 15 is 0 Å². The monoisotopic (exact) mass is 500 g/mol. The van der Waals surface area contributed by atoms with Crippen molar-refractivity contribution >= 4 is 11.4 Å². The van der Waals surface area contributed by atoms with Gasteiger partial charge in [-0.1, -0.05) is 54.6 Å². The Bertz CT molecular complexity index is 1180. The summed E-state index contributed by atoms with van der Waals surface area (Å²) >= 11 is 0. The molecule has 1 aliphatic rings. The minimum atomic E-state index is -4.59. The first-order chi connectivity index (χ1) is 17.1. The number of anilines is 1. The summed E-state index contributed by atoms with van der Waals surface area (Å²) in [6.45, 7) is 5.83. The van der Waals surface area contributed by atoms with Crippen molar-refractivity contribution in [2.75, 3.05) is 18.5 Å². The summed E-state index contributed by atoms with van der Waals surface area (Å²) in [7, 11) is 0. The van der Waals surface area contributed by atoms with E-state index in [0.29, 0.717) is 5.75 Å². The van der Waals surface area contributed by atoms with Crippen LogP contribution in [0.3, 0.4) is 0 Å². The van der Waals surface area contributed by atoms with Crippen LogP contribution in [0.4, 0.5) is 19.0 Å². The number of aliphatic hydroxyl groups is 2. The number of hydrogen-bond donors (Lipinski definition) is 3. The van der Waals surface area contributed by atoms with Gasteiger partial charge in [-0.3, -0.25) is 0 Å². The molecule has 2 heterocycles. The van der Waals surface area contributed by atoms with Crippen molar-refractivity contribution in [3.05, 3.63) is 84.6 Å². The van der Waals surface area contributed by atoms with Crippen LogP contribution in [0.5, 0.6) is 5.75 Å². The van der Waals surface area contributed by atoms with Crippen LogP contribution in [0.15, 0.2) is 73.3 Å². The van der Waals surface area contributed by atoms with Gasteiger partial charge in [0.1, 0.15) is 42.2 Å². The number of halogens is 3. The molecule has 6 nitrogen and oxygen atoms in total. The van der Waals surface area contributed by atoms with Gasteiger partial charge in [-0.2, -0.15) is 13.2 Å². The highest BCUT2D eigenvalue weighted by Gasteiger charge is 2.39. The third-order valence-corrected chi connectivity index (χ3v) is 5.99. The molecule has 0 unspecified atom stereocenters. The highest BCUT2D eigenvalue weighted by Crippen LogP contribution is 2.29. The maximum absolute atomic E-state index is 12.9. The number of alkyl halides is 3. The first-order valence-electron chi connectivity index (χ1n) is 11.4. The van der Waals surface area contributed by atoms with Crippen molar-refractivity contribution in [3.63, 3.8) is 0 Å². The number of ether oxygens (including phenoxy) is 2. The van der Waals surface area contributed by atoms with E-state index in [1.807, 2.05) is 43.3 Å². The van der Waals surface area contributed by atoms with E-state index in [4.69, 9.17) is 9.47 Å². The van der Waals surface area contributed by atoms with Gasteiger partial charge in [-0.15, -0.1) is 0 Å². The highest BCUT2D eigenvalue weighted by atomic mass is 19.4. The predicted molar refractivity (Wildman–Crippen MR) is 130 cm³/mol. The van der Waals surface area contributed by atoms with E-state index < -0.39 is 36.2 Å². The standard InChI is InChI=1S/C27H27F3N2O4/c1-16(2)17-6-8-18(9-7-17)19-10-12-20(13-11-19)35-15-22-26(34)25(33)21(14-36-22)31-24-5-3-4-23(32-24)27(28,29)30/h3-13,21-22,25-26,33-34H,1,14-15H2,2H3,(H,31,32)/t21-,22+,25+,26-/m0/s1.